The Morgan fingerprint density at radius 3 is 2.46 bits per heavy atom. The van der Waals surface area contributed by atoms with Crippen molar-refractivity contribution in [3.05, 3.63) is 35.2 Å². The molecule has 1 aliphatic carbocycles. The Labute approximate surface area is 80.9 Å². The number of hydrogen-bond acceptors (Lipinski definition) is 0. The van der Waals surface area contributed by atoms with E-state index in [1.807, 2.05) is 20.8 Å². The zero-order valence-corrected chi connectivity index (χ0v) is 9.02. The van der Waals surface area contributed by atoms with Crippen LogP contribution in [0.2, 0.25) is 0 Å². The Bertz CT molecular complexity index is 232. The molecule has 0 N–H and O–H groups in total. The summed E-state index contributed by atoms with van der Waals surface area (Å²) in [6.45, 7) is 8.02. The minimum absolute atomic E-state index is 0.109. The molecule has 0 aromatic carbocycles. The average Bonchev–Trinajstić information content (AvgIpc) is 2.30. The van der Waals surface area contributed by atoms with Gasteiger partial charge in [-0.1, -0.05) is 32.4 Å². The normalized spacial score (nSPS) is 15.9. The first kappa shape index (κ1) is 12.2. The molecule has 0 radical (unpaired) electrons. The van der Waals surface area contributed by atoms with Crippen molar-refractivity contribution in [2.75, 3.05) is 0 Å². The van der Waals surface area contributed by atoms with E-state index in [1.165, 1.54) is 5.57 Å². The van der Waals surface area contributed by atoms with Crippen LogP contribution in [-0.4, -0.2) is 0 Å². The molecule has 0 spiro atoms. The largest absolute Gasteiger partial charge is 0.207 e. The quantitative estimate of drug-likeness (QED) is 0.558. The van der Waals surface area contributed by atoms with Gasteiger partial charge in [0, 0.05) is 0 Å². The number of allylic oxidation sites excluding steroid dienone is 6. The van der Waals surface area contributed by atoms with E-state index in [-0.39, 0.29) is 5.83 Å². The minimum Gasteiger partial charge on any atom is -0.207 e. The van der Waals surface area contributed by atoms with Gasteiger partial charge in [-0.15, -0.1) is 0 Å². The maximum atomic E-state index is 12.8. The van der Waals surface area contributed by atoms with Crippen LogP contribution in [0.4, 0.5) is 4.39 Å². The lowest BCUT2D eigenvalue weighted by atomic mass is 10.1. The van der Waals surface area contributed by atoms with Crippen molar-refractivity contribution >= 4 is 0 Å². The third kappa shape index (κ3) is 4.66. The molecular weight excluding hydrogens is 163 g/mol. The molecule has 0 aromatic heterocycles. The van der Waals surface area contributed by atoms with Crippen LogP contribution in [-0.2, 0) is 0 Å². The van der Waals surface area contributed by atoms with E-state index >= 15 is 0 Å². The van der Waals surface area contributed by atoms with Gasteiger partial charge in [-0.05, 0) is 37.5 Å². The lowest BCUT2D eigenvalue weighted by molar-refractivity contribution is 0.661. The van der Waals surface area contributed by atoms with E-state index in [1.54, 1.807) is 12.2 Å². The third-order valence-corrected chi connectivity index (χ3v) is 1.81. The predicted octanol–water partition coefficient (Wildman–Crippen LogP) is 4.55. The van der Waals surface area contributed by atoms with Gasteiger partial charge in [-0.3, -0.25) is 0 Å². The van der Waals surface area contributed by atoms with Gasteiger partial charge in [0.05, 0.1) is 0 Å². The molecule has 0 atom stereocenters. The summed E-state index contributed by atoms with van der Waals surface area (Å²) in [5.74, 6) is -0.109. The molecule has 0 heterocycles. The summed E-state index contributed by atoms with van der Waals surface area (Å²) in [6.07, 6.45) is 7.03. The molecule has 1 aliphatic rings. The molecule has 0 amide bonds. The molecule has 1 heteroatoms. The molecule has 0 saturated carbocycles. The second-order valence-corrected chi connectivity index (χ2v) is 2.84. The Kier molecular flexibility index (Phi) is 6.21. The molecule has 0 aliphatic heterocycles. The maximum Gasteiger partial charge on any atom is 0.119 e. The fraction of sp³-hybridized carbons (Fsp3) is 0.500. The van der Waals surface area contributed by atoms with Gasteiger partial charge in [0.15, 0.2) is 0 Å². The Morgan fingerprint density at radius 1 is 1.31 bits per heavy atom. The Morgan fingerprint density at radius 2 is 1.92 bits per heavy atom. The highest BCUT2D eigenvalue weighted by molar-refractivity contribution is 5.32. The molecule has 0 aromatic rings. The van der Waals surface area contributed by atoms with Crippen LogP contribution in [0.1, 0.15) is 40.5 Å². The standard InChI is InChI=1S/C10H13F.C2H6/c1-3-9-4-5-10(11)7-8(2)6-9;1-2/h5-7H,3-4H2,1-2H3;1-2H3. The average molecular weight is 182 g/mol. The van der Waals surface area contributed by atoms with E-state index in [0.717, 1.165) is 18.4 Å². The van der Waals surface area contributed by atoms with Crippen LogP contribution in [0.3, 0.4) is 0 Å². The topological polar surface area (TPSA) is 0 Å². The molecule has 0 saturated heterocycles. The van der Waals surface area contributed by atoms with Crippen LogP contribution < -0.4 is 0 Å². The molecule has 0 fully saturated rings. The van der Waals surface area contributed by atoms with Crippen molar-refractivity contribution in [2.45, 2.75) is 40.5 Å². The zero-order chi connectivity index (χ0) is 10.3. The van der Waals surface area contributed by atoms with Crippen LogP contribution >= 0.6 is 0 Å². The van der Waals surface area contributed by atoms with Crippen LogP contribution in [0, 0.1) is 0 Å². The molecule has 13 heavy (non-hydrogen) atoms. The fourth-order valence-electron chi connectivity index (χ4n) is 1.17. The van der Waals surface area contributed by atoms with Gasteiger partial charge in [-0.25, -0.2) is 4.39 Å². The fourth-order valence-corrected chi connectivity index (χ4v) is 1.17. The van der Waals surface area contributed by atoms with Crippen LogP contribution in [0.25, 0.3) is 0 Å². The van der Waals surface area contributed by atoms with Crippen molar-refractivity contribution in [2.24, 2.45) is 0 Å². The van der Waals surface area contributed by atoms with E-state index in [2.05, 4.69) is 13.0 Å². The van der Waals surface area contributed by atoms with Gasteiger partial charge in [-0.2, -0.15) is 0 Å². The molecule has 74 valence electrons. The Balaban J connectivity index is 0.000000671. The number of rotatable bonds is 1. The molecule has 0 nitrogen and oxygen atoms in total. The minimum atomic E-state index is -0.109. The Hall–Kier alpha value is -0.850. The lowest BCUT2D eigenvalue weighted by Gasteiger charge is -1.96. The first-order chi connectivity index (χ1) is 6.22. The monoisotopic (exact) mass is 182 g/mol. The van der Waals surface area contributed by atoms with Crippen LogP contribution in [0.15, 0.2) is 35.2 Å². The molecule has 0 unspecified atom stereocenters. The van der Waals surface area contributed by atoms with E-state index in [9.17, 15) is 4.39 Å². The summed E-state index contributed by atoms with van der Waals surface area (Å²) in [7, 11) is 0. The van der Waals surface area contributed by atoms with Crippen molar-refractivity contribution in [3.8, 4) is 0 Å². The summed E-state index contributed by atoms with van der Waals surface area (Å²) in [6, 6.07) is 0. The second-order valence-electron chi connectivity index (χ2n) is 2.84. The summed E-state index contributed by atoms with van der Waals surface area (Å²) in [4.78, 5) is 0. The number of hydrogen-bond donors (Lipinski definition) is 0. The van der Waals surface area contributed by atoms with E-state index < -0.39 is 0 Å². The number of halogens is 1. The SMILES string of the molecule is CC.CCC1=CC(C)=CC(F)=CC1. The van der Waals surface area contributed by atoms with Gasteiger partial charge in [0.2, 0.25) is 0 Å². The molecule has 1 rings (SSSR count). The van der Waals surface area contributed by atoms with Crippen LogP contribution in [0.5, 0.6) is 0 Å². The van der Waals surface area contributed by atoms with E-state index in [4.69, 9.17) is 0 Å². The van der Waals surface area contributed by atoms with Crippen molar-refractivity contribution < 1.29 is 4.39 Å². The highest BCUT2D eigenvalue weighted by Gasteiger charge is 1.99. The van der Waals surface area contributed by atoms with Crippen molar-refractivity contribution in [1.82, 2.24) is 0 Å². The van der Waals surface area contributed by atoms with E-state index in [0.29, 0.717) is 0 Å². The first-order valence-electron chi connectivity index (χ1n) is 4.95. The van der Waals surface area contributed by atoms with Gasteiger partial charge in [0.25, 0.3) is 0 Å². The zero-order valence-electron chi connectivity index (χ0n) is 9.02. The first-order valence-corrected chi connectivity index (χ1v) is 4.95. The molecular formula is C12H19F. The predicted molar refractivity (Wildman–Crippen MR) is 57.3 cm³/mol. The summed E-state index contributed by atoms with van der Waals surface area (Å²) in [5, 5.41) is 0. The second kappa shape index (κ2) is 6.64. The maximum absolute atomic E-state index is 12.8. The lowest BCUT2D eigenvalue weighted by Crippen LogP contribution is -1.77. The summed E-state index contributed by atoms with van der Waals surface area (Å²) >= 11 is 0. The van der Waals surface area contributed by atoms with Crippen molar-refractivity contribution in [1.29, 1.82) is 0 Å². The molecule has 0 bridgehead atoms. The van der Waals surface area contributed by atoms with Gasteiger partial charge < -0.3 is 0 Å². The van der Waals surface area contributed by atoms with Crippen molar-refractivity contribution in [3.63, 3.8) is 0 Å². The summed E-state index contributed by atoms with van der Waals surface area (Å²) < 4.78 is 12.8. The highest BCUT2D eigenvalue weighted by atomic mass is 19.1. The van der Waals surface area contributed by atoms with Gasteiger partial charge >= 0.3 is 0 Å². The third-order valence-electron chi connectivity index (χ3n) is 1.81. The summed E-state index contributed by atoms with van der Waals surface area (Å²) in [5.41, 5.74) is 2.31. The highest BCUT2D eigenvalue weighted by Crippen LogP contribution is 2.18. The smallest absolute Gasteiger partial charge is 0.119 e. The van der Waals surface area contributed by atoms with Gasteiger partial charge in [0.1, 0.15) is 5.83 Å².